The molecule has 0 amide bonds. The number of benzene rings is 6. The first-order valence-corrected chi connectivity index (χ1v) is 14.2. The van der Waals surface area contributed by atoms with E-state index in [1.807, 2.05) is 60.7 Å². The SMILES string of the molecule is c1ccc(-c2nc(-c3ccc4ccc5ccc6ccccc6c5c4c3)nc(-c3cccc4oc5cccnc5c34)n2)cc1. The van der Waals surface area contributed by atoms with E-state index in [1.54, 1.807) is 6.20 Å². The molecule has 200 valence electrons. The van der Waals surface area contributed by atoms with E-state index in [4.69, 9.17) is 19.4 Å². The standard InChI is InChI=1S/C38H22N4O/c1-2-9-26(10-3-1)36-40-37(42-38(41-36)29-12-6-13-31-34(29)35-32(43-31)14-7-21-39-35)27-20-17-24-16-19-25-18-15-23-8-4-5-11-28(23)33(25)30(24)22-27/h1-22H. The fraction of sp³-hybridized carbons (Fsp3) is 0. The Morgan fingerprint density at radius 1 is 0.442 bits per heavy atom. The van der Waals surface area contributed by atoms with Crippen LogP contribution in [0.3, 0.4) is 0 Å². The Morgan fingerprint density at radius 2 is 1.14 bits per heavy atom. The van der Waals surface area contributed by atoms with Gasteiger partial charge in [0, 0.05) is 22.9 Å². The summed E-state index contributed by atoms with van der Waals surface area (Å²) in [4.78, 5) is 19.7. The molecule has 0 radical (unpaired) electrons. The van der Waals surface area contributed by atoms with Gasteiger partial charge >= 0.3 is 0 Å². The fourth-order valence-electron chi connectivity index (χ4n) is 6.13. The van der Waals surface area contributed by atoms with Gasteiger partial charge in [-0.3, -0.25) is 4.98 Å². The van der Waals surface area contributed by atoms with Crippen LogP contribution in [0, 0.1) is 0 Å². The van der Waals surface area contributed by atoms with Crippen LogP contribution in [-0.4, -0.2) is 19.9 Å². The maximum atomic E-state index is 6.13. The minimum atomic E-state index is 0.575. The van der Waals surface area contributed by atoms with E-state index in [1.165, 1.54) is 32.3 Å². The molecule has 0 saturated heterocycles. The number of furan rings is 1. The smallest absolute Gasteiger partial charge is 0.164 e. The summed E-state index contributed by atoms with van der Waals surface area (Å²) in [6.07, 6.45) is 1.78. The maximum absolute atomic E-state index is 6.13. The Labute approximate surface area is 246 Å². The normalized spacial score (nSPS) is 11.7. The highest BCUT2D eigenvalue weighted by Crippen LogP contribution is 2.37. The van der Waals surface area contributed by atoms with E-state index in [9.17, 15) is 0 Å². The van der Waals surface area contributed by atoms with Crippen molar-refractivity contribution in [3.05, 3.63) is 134 Å². The third-order valence-electron chi connectivity index (χ3n) is 8.15. The lowest BCUT2D eigenvalue weighted by atomic mass is 9.95. The molecule has 9 rings (SSSR count). The second-order valence-corrected chi connectivity index (χ2v) is 10.7. The molecule has 0 aliphatic rings. The summed E-state index contributed by atoms with van der Waals surface area (Å²) < 4.78 is 6.13. The highest BCUT2D eigenvalue weighted by Gasteiger charge is 2.18. The molecule has 5 nitrogen and oxygen atoms in total. The summed E-state index contributed by atoms with van der Waals surface area (Å²) in [5, 5.41) is 8.12. The van der Waals surface area contributed by atoms with Gasteiger partial charge in [-0.2, -0.15) is 0 Å². The lowest BCUT2D eigenvalue weighted by Gasteiger charge is -2.11. The molecule has 0 N–H and O–H groups in total. The number of hydrogen-bond acceptors (Lipinski definition) is 5. The van der Waals surface area contributed by atoms with Crippen LogP contribution in [0.15, 0.2) is 138 Å². The van der Waals surface area contributed by atoms with Crippen molar-refractivity contribution in [3.63, 3.8) is 0 Å². The first-order chi connectivity index (χ1) is 21.3. The summed E-state index contributed by atoms with van der Waals surface area (Å²) in [6.45, 7) is 0. The van der Waals surface area contributed by atoms with Crippen LogP contribution in [0.4, 0.5) is 0 Å². The van der Waals surface area contributed by atoms with Gasteiger partial charge in [0.1, 0.15) is 11.1 Å². The molecule has 0 unspecified atom stereocenters. The van der Waals surface area contributed by atoms with E-state index in [2.05, 4.69) is 71.7 Å². The Kier molecular flexibility index (Phi) is 5.13. The van der Waals surface area contributed by atoms with Crippen LogP contribution in [0.2, 0.25) is 0 Å². The quantitative estimate of drug-likeness (QED) is 0.205. The van der Waals surface area contributed by atoms with E-state index >= 15 is 0 Å². The number of rotatable bonds is 3. The number of hydrogen-bond donors (Lipinski definition) is 0. The third-order valence-corrected chi connectivity index (χ3v) is 8.15. The number of nitrogens with zero attached hydrogens (tertiary/aromatic N) is 4. The molecule has 0 bridgehead atoms. The van der Waals surface area contributed by atoms with Gasteiger partial charge in [-0.05, 0) is 56.6 Å². The molecule has 0 fully saturated rings. The molecule has 0 aliphatic carbocycles. The Bertz CT molecular complexity index is 2510. The first kappa shape index (κ1) is 23.7. The minimum absolute atomic E-state index is 0.575. The monoisotopic (exact) mass is 550 g/mol. The minimum Gasteiger partial charge on any atom is -0.454 e. The molecular formula is C38H22N4O. The van der Waals surface area contributed by atoms with Crippen molar-refractivity contribution in [3.8, 4) is 34.2 Å². The third kappa shape index (κ3) is 3.79. The number of pyridine rings is 1. The summed E-state index contributed by atoms with van der Waals surface area (Å²) in [5.74, 6) is 1.80. The Hall–Kier alpha value is -5.94. The van der Waals surface area contributed by atoms with Crippen LogP contribution < -0.4 is 0 Å². The number of aromatic nitrogens is 4. The van der Waals surface area contributed by atoms with Gasteiger partial charge in [-0.25, -0.2) is 15.0 Å². The second kappa shape index (κ2) is 9.29. The Balaban J connectivity index is 1.33. The molecule has 3 heterocycles. The molecule has 5 heteroatoms. The van der Waals surface area contributed by atoms with Gasteiger partial charge in [0.05, 0.1) is 5.39 Å². The second-order valence-electron chi connectivity index (χ2n) is 10.7. The zero-order valence-electron chi connectivity index (χ0n) is 22.9. The van der Waals surface area contributed by atoms with Gasteiger partial charge < -0.3 is 4.42 Å². The van der Waals surface area contributed by atoms with Crippen LogP contribution in [0.25, 0.3) is 88.5 Å². The molecule has 0 saturated carbocycles. The van der Waals surface area contributed by atoms with Gasteiger partial charge in [-0.15, -0.1) is 0 Å². The highest BCUT2D eigenvalue weighted by molar-refractivity contribution is 6.20. The Morgan fingerprint density at radius 3 is 2.02 bits per heavy atom. The van der Waals surface area contributed by atoms with Crippen molar-refractivity contribution >= 4 is 54.4 Å². The van der Waals surface area contributed by atoms with Gasteiger partial charge in [-0.1, -0.05) is 103 Å². The highest BCUT2D eigenvalue weighted by atomic mass is 16.3. The van der Waals surface area contributed by atoms with Crippen molar-refractivity contribution in [2.45, 2.75) is 0 Å². The fourth-order valence-corrected chi connectivity index (χ4v) is 6.13. The van der Waals surface area contributed by atoms with Crippen molar-refractivity contribution in [1.29, 1.82) is 0 Å². The lowest BCUT2D eigenvalue weighted by molar-refractivity contribution is 0.668. The summed E-state index contributed by atoms with van der Waals surface area (Å²) in [7, 11) is 0. The first-order valence-electron chi connectivity index (χ1n) is 14.2. The van der Waals surface area contributed by atoms with Crippen LogP contribution in [0.1, 0.15) is 0 Å². The largest absolute Gasteiger partial charge is 0.454 e. The van der Waals surface area contributed by atoms with Crippen LogP contribution in [0.5, 0.6) is 0 Å². The number of fused-ring (bicyclic) bond motifs is 8. The zero-order valence-corrected chi connectivity index (χ0v) is 22.9. The van der Waals surface area contributed by atoms with Gasteiger partial charge in [0.15, 0.2) is 23.1 Å². The van der Waals surface area contributed by atoms with E-state index in [0.29, 0.717) is 17.5 Å². The summed E-state index contributed by atoms with van der Waals surface area (Å²) in [6, 6.07) is 43.6. The predicted molar refractivity (Wildman–Crippen MR) is 174 cm³/mol. The maximum Gasteiger partial charge on any atom is 0.164 e. The van der Waals surface area contributed by atoms with Gasteiger partial charge in [0.2, 0.25) is 0 Å². The van der Waals surface area contributed by atoms with Crippen molar-refractivity contribution in [2.24, 2.45) is 0 Å². The van der Waals surface area contributed by atoms with Crippen molar-refractivity contribution in [1.82, 2.24) is 19.9 Å². The van der Waals surface area contributed by atoms with Crippen molar-refractivity contribution in [2.75, 3.05) is 0 Å². The molecule has 0 spiro atoms. The molecule has 3 aromatic heterocycles. The molecule has 0 atom stereocenters. The van der Waals surface area contributed by atoms with Crippen molar-refractivity contribution < 1.29 is 4.42 Å². The van der Waals surface area contributed by atoms with Crippen LogP contribution >= 0.6 is 0 Å². The topological polar surface area (TPSA) is 64.7 Å². The van der Waals surface area contributed by atoms with E-state index in [0.717, 1.165) is 38.8 Å². The average Bonchev–Trinajstić information content (AvgIpc) is 3.47. The molecule has 43 heavy (non-hydrogen) atoms. The van der Waals surface area contributed by atoms with E-state index < -0.39 is 0 Å². The average molecular weight is 551 g/mol. The predicted octanol–water partition coefficient (Wildman–Crippen LogP) is 9.63. The molecule has 6 aromatic carbocycles. The summed E-state index contributed by atoms with van der Waals surface area (Å²) in [5.41, 5.74) is 4.98. The van der Waals surface area contributed by atoms with Crippen LogP contribution in [-0.2, 0) is 0 Å². The zero-order chi connectivity index (χ0) is 28.3. The molecular weight excluding hydrogens is 528 g/mol. The van der Waals surface area contributed by atoms with E-state index in [-0.39, 0.29) is 0 Å². The molecule has 0 aliphatic heterocycles. The lowest BCUT2D eigenvalue weighted by Crippen LogP contribution is -2.00. The molecule has 9 aromatic rings. The summed E-state index contributed by atoms with van der Waals surface area (Å²) >= 11 is 0. The van der Waals surface area contributed by atoms with Gasteiger partial charge in [0.25, 0.3) is 0 Å².